The van der Waals surface area contributed by atoms with E-state index in [1.807, 2.05) is 50.4 Å². The summed E-state index contributed by atoms with van der Waals surface area (Å²) in [4.78, 5) is 17.0. The second kappa shape index (κ2) is 7.67. The zero-order valence-electron chi connectivity index (χ0n) is 16.2. The summed E-state index contributed by atoms with van der Waals surface area (Å²) in [5.74, 6) is 0.104. The predicted molar refractivity (Wildman–Crippen MR) is 113 cm³/mol. The van der Waals surface area contributed by atoms with Crippen LogP contribution in [0.1, 0.15) is 11.3 Å². The molecule has 0 bridgehead atoms. The van der Waals surface area contributed by atoms with Crippen LogP contribution in [-0.4, -0.2) is 37.1 Å². The van der Waals surface area contributed by atoms with Gasteiger partial charge in [-0.2, -0.15) is 5.10 Å². The smallest absolute Gasteiger partial charge is 0.262 e. The third kappa shape index (κ3) is 3.86. The minimum atomic E-state index is -0.291. The van der Waals surface area contributed by atoms with Crippen LogP contribution >= 0.6 is 15.9 Å². The van der Waals surface area contributed by atoms with Gasteiger partial charge in [0.1, 0.15) is 0 Å². The van der Waals surface area contributed by atoms with Gasteiger partial charge in [0.25, 0.3) is 5.91 Å². The first-order chi connectivity index (χ1) is 13.9. The van der Waals surface area contributed by atoms with E-state index in [-0.39, 0.29) is 12.5 Å². The van der Waals surface area contributed by atoms with Crippen molar-refractivity contribution in [3.8, 4) is 11.6 Å². The number of ether oxygens (including phenoxy) is 1. The molecule has 0 aliphatic carbocycles. The Kier molecular flexibility index (Phi) is 5.06. The molecule has 3 heterocycles. The topological polar surface area (TPSA) is 86.9 Å². The maximum atomic E-state index is 12.5. The number of hydrogen-bond donors (Lipinski definition) is 1. The van der Waals surface area contributed by atoms with Crippen molar-refractivity contribution in [2.75, 3.05) is 11.9 Å². The van der Waals surface area contributed by atoms with Crippen LogP contribution in [-0.2, 0) is 11.8 Å². The molecule has 0 saturated heterocycles. The Hall–Kier alpha value is -3.20. The monoisotopic (exact) mass is 454 g/mol. The van der Waals surface area contributed by atoms with Crippen LogP contribution in [0.5, 0.6) is 5.88 Å². The van der Waals surface area contributed by atoms with E-state index >= 15 is 0 Å². The van der Waals surface area contributed by atoms with Crippen LogP contribution < -0.4 is 10.1 Å². The fourth-order valence-corrected chi connectivity index (χ4v) is 3.47. The predicted octanol–water partition coefficient (Wildman–Crippen LogP) is 3.55. The zero-order valence-corrected chi connectivity index (χ0v) is 17.8. The average Bonchev–Trinajstić information content (AvgIpc) is 3.24. The second-order valence-corrected chi connectivity index (χ2v) is 7.58. The number of pyridine rings is 1. The molecule has 0 aliphatic rings. The quantitative estimate of drug-likeness (QED) is 0.498. The lowest BCUT2D eigenvalue weighted by molar-refractivity contribution is -0.118. The first kappa shape index (κ1) is 19.1. The van der Waals surface area contributed by atoms with Crippen LogP contribution in [0.25, 0.3) is 16.7 Å². The second-order valence-electron chi connectivity index (χ2n) is 6.67. The van der Waals surface area contributed by atoms with Crippen molar-refractivity contribution in [2.24, 2.45) is 7.05 Å². The number of nitrogens with one attached hydrogen (secondary N) is 1. The van der Waals surface area contributed by atoms with E-state index in [9.17, 15) is 4.79 Å². The minimum absolute atomic E-state index is 0.170. The normalized spacial score (nSPS) is 11.0. The molecule has 0 aliphatic heterocycles. The number of carbonyl (C=O) groups excluding carboxylic acids is 1. The molecule has 9 heteroatoms. The van der Waals surface area contributed by atoms with Crippen LogP contribution in [0, 0.1) is 13.8 Å². The lowest BCUT2D eigenvalue weighted by atomic mass is 10.2. The molecular formula is C20H19BrN6O2. The van der Waals surface area contributed by atoms with Crippen molar-refractivity contribution >= 4 is 38.6 Å². The van der Waals surface area contributed by atoms with Gasteiger partial charge >= 0.3 is 0 Å². The fourth-order valence-electron chi connectivity index (χ4n) is 3.18. The third-order valence-corrected chi connectivity index (χ3v) is 4.81. The zero-order chi connectivity index (χ0) is 20.5. The molecule has 8 nitrogen and oxygen atoms in total. The minimum Gasteiger partial charge on any atom is -0.466 e. The molecule has 4 rings (SSSR count). The van der Waals surface area contributed by atoms with E-state index in [2.05, 4.69) is 36.4 Å². The molecular weight excluding hydrogens is 436 g/mol. The number of aromatic nitrogens is 5. The van der Waals surface area contributed by atoms with Gasteiger partial charge in [-0.25, -0.2) is 14.3 Å². The van der Waals surface area contributed by atoms with Crippen LogP contribution in [0.15, 0.2) is 47.2 Å². The molecule has 0 spiro atoms. The lowest BCUT2D eigenvalue weighted by Crippen LogP contribution is -2.21. The Morgan fingerprint density at radius 3 is 2.83 bits per heavy atom. The number of benzene rings is 1. The van der Waals surface area contributed by atoms with Crippen molar-refractivity contribution in [3.63, 3.8) is 0 Å². The summed E-state index contributed by atoms with van der Waals surface area (Å²) < 4.78 is 9.93. The molecule has 1 N–H and O–H groups in total. The maximum absolute atomic E-state index is 12.5. The standard InChI is InChI=1S/C20H19BrN6O2/c1-12-8-13(2)23-19-18(12)20(25-26(19)3)29-11-17(28)24-15-6-4-5-7-16(15)27-10-14(21)9-22-27/h4-10H,11H2,1-3H3,(H,24,28). The van der Waals surface area contributed by atoms with Gasteiger partial charge in [0.05, 0.1) is 27.4 Å². The number of anilines is 1. The molecule has 29 heavy (non-hydrogen) atoms. The number of carbonyl (C=O) groups is 1. The molecule has 0 saturated carbocycles. The van der Waals surface area contributed by atoms with E-state index < -0.39 is 0 Å². The number of fused-ring (bicyclic) bond motifs is 1. The molecule has 1 amide bonds. The van der Waals surface area contributed by atoms with Gasteiger partial charge in [-0.3, -0.25) is 4.79 Å². The van der Waals surface area contributed by atoms with Gasteiger partial charge in [0.15, 0.2) is 12.3 Å². The molecule has 0 radical (unpaired) electrons. The summed E-state index contributed by atoms with van der Waals surface area (Å²) in [5.41, 5.74) is 4.03. The maximum Gasteiger partial charge on any atom is 0.262 e. The number of amides is 1. The Morgan fingerprint density at radius 2 is 2.07 bits per heavy atom. The van der Waals surface area contributed by atoms with Crippen LogP contribution in [0.2, 0.25) is 0 Å². The summed E-state index contributed by atoms with van der Waals surface area (Å²) in [5, 5.41) is 12.3. The van der Waals surface area contributed by atoms with E-state index in [0.717, 1.165) is 32.5 Å². The van der Waals surface area contributed by atoms with Gasteiger partial charge < -0.3 is 10.1 Å². The Labute approximate surface area is 175 Å². The fraction of sp³-hybridized carbons (Fsp3) is 0.200. The summed E-state index contributed by atoms with van der Waals surface area (Å²) in [6, 6.07) is 9.39. The summed E-state index contributed by atoms with van der Waals surface area (Å²) in [6.45, 7) is 3.74. The van der Waals surface area contributed by atoms with E-state index in [4.69, 9.17) is 4.74 Å². The highest BCUT2D eigenvalue weighted by Crippen LogP contribution is 2.27. The van der Waals surface area contributed by atoms with E-state index in [1.54, 1.807) is 22.6 Å². The first-order valence-corrected chi connectivity index (χ1v) is 9.75. The largest absolute Gasteiger partial charge is 0.466 e. The Bertz CT molecular complexity index is 1210. The van der Waals surface area contributed by atoms with Gasteiger partial charge in [0.2, 0.25) is 5.88 Å². The van der Waals surface area contributed by atoms with Gasteiger partial charge in [-0.1, -0.05) is 12.1 Å². The number of aryl methyl sites for hydroxylation is 3. The molecule has 0 unspecified atom stereocenters. The van der Waals surface area contributed by atoms with Crippen molar-refractivity contribution in [1.29, 1.82) is 0 Å². The number of halogens is 1. The summed E-state index contributed by atoms with van der Waals surface area (Å²) in [6.07, 6.45) is 3.51. The van der Waals surface area contributed by atoms with Crippen molar-refractivity contribution in [1.82, 2.24) is 24.5 Å². The molecule has 3 aromatic heterocycles. The van der Waals surface area contributed by atoms with Gasteiger partial charge in [0, 0.05) is 18.9 Å². The molecule has 0 atom stereocenters. The first-order valence-electron chi connectivity index (χ1n) is 8.95. The highest BCUT2D eigenvalue weighted by Gasteiger charge is 2.16. The van der Waals surface area contributed by atoms with Crippen molar-refractivity contribution in [2.45, 2.75) is 13.8 Å². The molecule has 148 valence electrons. The third-order valence-electron chi connectivity index (χ3n) is 4.40. The Morgan fingerprint density at radius 1 is 1.28 bits per heavy atom. The highest BCUT2D eigenvalue weighted by molar-refractivity contribution is 9.10. The number of hydrogen-bond acceptors (Lipinski definition) is 5. The number of nitrogens with zero attached hydrogens (tertiary/aromatic N) is 5. The molecule has 4 aromatic rings. The number of rotatable bonds is 5. The SMILES string of the molecule is Cc1cc(C)c2c(OCC(=O)Nc3ccccc3-n3cc(Br)cn3)nn(C)c2n1. The lowest BCUT2D eigenvalue weighted by Gasteiger charge is -2.11. The van der Waals surface area contributed by atoms with E-state index in [1.165, 1.54) is 0 Å². The van der Waals surface area contributed by atoms with Crippen molar-refractivity contribution in [3.05, 3.63) is 58.5 Å². The number of para-hydroxylation sites is 2. The summed E-state index contributed by atoms with van der Waals surface area (Å²) in [7, 11) is 1.81. The van der Waals surface area contributed by atoms with Gasteiger partial charge in [-0.15, -0.1) is 5.10 Å². The highest BCUT2D eigenvalue weighted by atomic mass is 79.9. The van der Waals surface area contributed by atoms with E-state index in [0.29, 0.717) is 11.6 Å². The molecule has 1 aromatic carbocycles. The Balaban J connectivity index is 1.52. The van der Waals surface area contributed by atoms with Crippen LogP contribution in [0.3, 0.4) is 0 Å². The summed E-state index contributed by atoms with van der Waals surface area (Å²) >= 11 is 3.38. The van der Waals surface area contributed by atoms with Crippen molar-refractivity contribution < 1.29 is 9.53 Å². The average molecular weight is 455 g/mol. The van der Waals surface area contributed by atoms with Crippen LogP contribution in [0.4, 0.5) is 5.69 Å². The molecule has 0 fully saturated rings. The van der Waals surface area contributed by atoms with Gasteiger partial charge in [-0.05, 0) is 53.5 Å².